The van der Waals surface area contributed by atoms with E-state index >= 15 is 0 Å². The minimum atomic E-state index is -3.61. The summed E-state index contributed by atoms with van der Waals surface area (Å²) in [6, 6.07) is 6.41. The summed E-state index contributed by atoms with van der Waals surface area (Å²) in [5.41, 5.74) is 2.17. The molecule has 2 aromatic rings. The fourth-order valence-corrected chi connectivity index (χ4v) is 3.87. The maximum atomic E-state index is 12.1. The Hall–Kier alpha value is -1.71. The van der Waals surface area contributed by atoms with Gasteiger partial charge in [0.1, 0.15) is 0 Å². The molecule has 0 unspecified atom stereocenters. The average molecular weight is 429 g/mol. The highest BCUT2D eigenvalue weighted by atomic mass is 79.9. The summed E-state index contributed by atoms with van der Waals surface area (Å²) in [4.78, 5) is 11.9. The third kappa shape index (κ3) is 6.26. The number of hydrogen-bond donors (Lipinski definition) is 3. The second kappa shape index (κ2) is 9.12. The van der Waals surface area contributed by atoms with E-state index in [1.165, 1.54) is 12.1 Å². The number of amides is 1. The molecule has 0 aliphatic carbocycles. The van der Waals surface area contributed by atoms with Gasteiger partial charge in [0.2, 0.25) is 15.9 Å². The first-order valence-corrected chi connectivity index (χ1v) is 10.2. The first kappa shape index (κ1) is 19.6. The molecule has 0 saturated heterocycles. The van der Waals surface area contributed by atoms with Gasteiger partial charge in [-0.1, -0.05) is 22.0 Å². The van der Waals surface area contributed by atoms with Crippen LogP contribution < -0.4 is 10.0 Å². The molecule has 7 nitrogen and oxygen atoms in total. The first-order valence-electron chi connectivity index (χ1n) is 7.89. The summed E-state index contributed by atoms with van der Waals surface area (Å²) in [5, 5.41) is 9.61. The molecule has 0 bridgehead atoms. The topological polar surface area (TPSA) is 104 Å². The van der Waals surface area contributed by atoms with Gasteiger partial charge in [-0.25, -0.2) is 13.1 Å². The standard InChI is InChI=1S/C16H21BrN4O3S/c1-12-13(11-19-21-12)4-3-8-18-16(22)7-9-20-25(23,24)15-6-2-5-14(17)10-15/h2,5-6,10-11,20H,3-4,7-9H2,1H3,(H,18,22)(H,19,21). The van der Waals surface area contributed by atoms with E-state index in [4.69, 9.17) is 0 Å². The first-order chi connectivity index (χ1) is 11.9. The number of hydrogen-bond acceptors (Lipinski definition) is 4. The van der Waals surface area contributed by atoms with Crippen LogP contribution in [0.25, 0.3) is 0 Å². The molecule has 0 atom stereocenters. The molecule has 0 fully saturated rings. The highest BCUT2D eigenvalue weighted by Gasteiger charge is 2.14. The van der Waals surface area contributed by atoms with E-state index in [2.05, 4.69) is 36.2 Å². The normalized spacial score (nSPS) is 11.4. The van der Waals surface area contributed by atoms with Crippen molar-refractivity contribution in [1.29, 1.82) is 0 Å². The van der Waals surface area contributed by atoms with E-state index in [0.29, 0.717) is 11.0 Å². The van der Waals surface area contributed by atoms with E-state index in [0.717, 1.165) is 24.1 Å². The van der Waals surface area contributed by atoms with Gasteiger partial charge >= 0.3 is 0 Å². The van der Waals surface area contributed by atoms with Crippen LogP contribution in [0.2, 0.25) is 0 Å². The number of benzene rings is 1. The third-order valence-corrected chi connectivity index (χ3v) is 5.58. The van der Waals surface area contributed by atoms with Crippen molar-refractivity contribution in [3.05, 3.63) is 46.2 Å². The van der Waals surface area contributed by atoms with E-state index in [1.807, 2.05) is 6.92 Å². The van der Waals surface area contributed by atoms with Gasteiger partial charge < -0.3 is 5.32 Å². The van der Waals surface area contributed by atoms with Crippen LogP contribution in [0.3, 0.4) is 0 Å². The maximum Gasteiger partial charge on any atom is 0.240 e. The zero-order valence-electron chi connectivity index (χ0n) is 13.9. The van der Waals surface area contributed by atoms with Crippen molar-refractivity contribution in [3.63, 3.8) is 0 Å². The van der Waals surface area contributed by atoms with Gasteiger partial charge in [0.05, 0.1) is 11.1 Å². The van der Waals surface area contributed by atoms with E-state index in [-0.39, 0.29) is 23.8 Å². The molecule has 0 aliphatic heterocycles. The van der Waals surface area contributed by atoms with Crippen molar-refractivity contribution in [2.45, 2.75) is 31.1 Å². The van der Waals surface area contributed by atoms with Crippen LogP contribution in [0.4, 0.5) is 0 Å². The van der Waals surface area contributed by atoms with Gasteiger partial charge in [-0.05, 0) is 43.5 Å². The Morgan fingerprint density at radius 3 is 2.80 bits per heavy atom. The molecule has 9 heteroatoms. The van der Waals surface area contributed by atoms with Crippen LogP contribution in [0.15, 0.2) is 39.8 Å². The van der Waals surface area contributed by atoms with Crippen LogP contribution in [-0.2, 0) is 21.2 Å². The summed E-state index contributed by atoms with van der Waals surface area (Å²) in [6.45, 7) is 2.56. The van der Waals surface area contributed by atoms with Crippen LogP contribution >= 0.6 is 15.9 Å². The van der Waals surface area contributed by atoms with Gasteiger partial charge in [0, 0.05) is 29.7 Å². The number of nitrogens with one attached hydrogen (secondary N) is 3. The molecular formula is C16H21BrN4O3S. The molecule has 0 saturated carbocycles. The Morgan fingerprint density at radius 2 is 2.12 bits per heavy atom. The Bertz CT molecular complexity index is 820. The lowest BCUT2D eigenvalue weighted by atomic mass is 10.1. The van der Waals surface area contributed by atoms with Crippen molar-refractivity contribution in [2.75, 3.05) is 13.1 Å². The minimum absolute atomic E-state index is 0.0571. The van der Waals surface area contributed by atoms with Gasteiger partial charge in [-0.2, -0.15) is 5.10 Å². The van der Waals surface area contributed by atoms with E-state index in [1.54, 1.807) is 18.3 Å². The number of aromatic amines is 1. The van der Waals surface area contributed by atoms with Crippen molar-refractivity contribution in [1.82, 2.24) is 20.2 Å². The molecule has 3 N–H and O–H groups in total. The summed E-state index contributed by atoms with van der Waals surface area (Å²) in [5.74, 6) is -0.180. The van der Waals surface area contributed by atoms with Crippen molar-refractivity contribution < 1.29 is 13.2 Å². The highest BCUT2D eigenvalue weighted by Crippen LogP contribution is 2.15. The van der Waals surface area contributed by atoms with Crippen LogP contribution in [-0.4, -0.2) is 37.6 Å². The van der Waals surface area contributed by atoms with Gasteiger partial charge in [0.25, 0.3) is 0 Å². The zero-order valence-corrected chi connectivity index (χ0v) is 16.3. The molecule has 1 aromatic heterocycles. The number of carbonyl (C=O) groups is 1. The predicted molar refractivity (Wildman–Crippen MR) is 98.6 cm³/mol. The lowest BCUT2D eigenvalue weighted by Gasteiger charge is -2.08. The fraction of sp³-hybridized carbons (Fsp3) is 0.375. The zero-order chi connectivity index (χ0) is 18.3. The Labute approximate surface area is 155 Å². The highest BCUT2D eigenvalue weighted by molar-refractivity contribution is 9.10. The molecule has 1 aromatic carbocycles. The lowest BCUT2D eigenvalue weighted by molar-refractivity contribution is -0.120. The maximum absolute atomic E-state index is 12.1. The second-order valence-electron chi connectivity index (χ2n) is 5.58. The SMILES string of the molecule is Cc1[nH]ncc1CCCNC(=O)CCNS(=O)(=O)c1cccc(Br)c1. The quantitative estimate of drug-likeness (QED) is 0.530. The number of rotatable bonds is 9. The van der Waals surface area contributed by atoms with Crippen molar-refractivity contribution in [2.24, 2.45) is 0 Å². The number of halogens is 1. The summed E-state index contributed by atoms with van der Waals surface area (Å²) in [6.07, 6.45) is 3.51. The molecule has 1 amide bonds. The minimum Gasteiger partial charge on any atom is -0.356 e. The molecule has 0 spiro atoms. The number of carbonyl (C=O) groups excluding carboxylic acids is 1. The number of aryl methyl sites for hydroxylation is 2. The average Bonchev–Trinajstić information content (AvgIpc) is 2.96. The molecule has 0 aliphatic rings. The van der Waals surface area contributed by atoms with Gasteiger partial charge in [0.15, 0.2) is 0 Å². The lowest BCUT2D eigenvalue weighted by Crippen LogP contribution is -2.31. The number of aromatic nitrogens is 2. The van der Waals surface area contributed by atoms with Gasteiger partial charge in [-0.3, -0.25) is 9.89 Å². The number of sulfonamides is 1. The smallest absolute Gasteiger partial charge is 0.240 e. The number of nitrogens with zero attached hydrogens (tertiary/aromatic N) is 1. The number of H-pyrrole nitrogens is 1. The predicted octanol–water partition coefficient (Wildman–Crippen LogP) is 1.90. The Balaban J connectivity index is 1.67. The van der Waals surface area contributed by atoms with Gasteiger partial charge in [-0.15, -0.1) is 0 Å². The molecule has 2 rings (SSSR count). The molecule has 0 radical (unpaired) electrons. The molecule has 136 valence electrons. The fourth-order valence-electron chi connectivity index (χ4n) is 2.24. The largest absolute Gasteiger partial charge is 0.356 e. The third-order valence-electron chi connectivity index (χ3n) is 3.63. The van der Waals surface area contributed by atoms with Crippen LogP contribution in [0.5, 0.6) is 0 Å². The van der Waals surface area contributed by atoms with Crippen LogP contribution in [0, 0.1) is 6.92 Å². The summed E-state index contributed by atoms with van der Waals surface area (Å²) < 4.78 is 27.3. The van der Waals surface area contributed by atoms with E-state index in [9.17, 15) is 13.2 Å². The van der Waals surface area contributed by atoms with Crippen molar-refractivity contribution >= 4 is 31.9 Å². The Kier molecular flexibility index (Phi) is 7.15. The molecule has 1 heterocycles. The van der Waals surface area contributed by atoms with E-state index < -0.39 is 10.0 Å². The molecular weight excluding hydrogens is 408 g/mol. The monoisotopic (exact) mass is 428 g/mol. The van der Waals surface area contributed by atoms with Crippen LogP contribution in [0.1, 0.15) is 24.1 Å². The summed E-state index contributed by atoms with van der Waals surface area (Å²) in [7, 11) is -3.61. The summed E-state index contributed by atoms with van der Waals surface area (Å²) >= 11 is 3.24. The van der Waals surface area contributed by atoms with Crippen molar-refractivity contribution in [3.8, 4) is 0 Å². The molecule has 25 heavy (non-hydrogen) atoms. The second-order valence-corrected chi connectivity index (χ2v) is 8.26. The Morgan fingerprint density at radius 1 is 1.32 bits per heavy atom.